The van der Waals surface area contributed by atoms with Gasteiger partial charge in [0.05, 0.1) is 20.5 Å². The van der Waals surface area contributed by atoms with Crippen molar-refractivity contribution < 1.29 is 21.6 Å². The molecule has 8 nitrogen and oxygen atoms in total. The van der Waals surface area contributed by atoms with Crippen LogP contribution in [0, 0.1) is 0 Å². The standard InChI is InChI=1S/C24H25Cl2N3O5S2/c1-3-28(4-2)35(31,32)21-13-11-19(12-14-21)27-24(30)17-29(23-15-10-18(25)16-22(23)26)36(33,34)20-8-6-5-7-9-20/h5-16H,3-4,17H2,1-2H3,(H,27,30). The molecular formula is C24H25Cl2N3O5S2. The van der Waals surface area contributed by atoms with Gasteiger partial charge in [0.1, 0.15) is 6.54 Å². The molecule has 36 heavy (non-hydrogen) atoms. The highest BCUT2D eigenvalue weighted by atomic mass is 35.5. The maximum atomic E-state index is 13.4. The van der Waals surface area contributed by atoms with E-state index < -0.39 is 32.5 Å². The van der Waals surface area contributed by atoms with E-state index in [1.54, 1.807) is 32.0 Å². The van der Waals surface area contributed by atoms with E-state index >= 15 is 0 Å². The number of nitrogens with zero attached hydrogens (tertiary/aromatic N) is 2. The molecule has 12 heteroatoms. The summed E-state index contributed by atoms with van der Waals surface area (Å²) in [6, 6.07) is 17.6. The number of halogens is 2. The Labute approximate surface area is 221 Å². The summed E-state index contributed by atoms with van der Waals surface area (Å²) in [6.45, 7) is 3.57. The Bertz CT molecular complexity index is 1430. The molecular weight excluding hydrogens is 545 g/mol. The molecule has 0 aromatic heterocycles. The van der Waals surface area contributed by atoms with E-state index in [1.807, 2.05) is 0 Å². The second-order valence-corrected chi connectivity index (χ2v) is 12.2. The van der Waals surface area contributed by atoms with Crippen LogP contribution in [0.3, 0.4) is 0 Å². The van der Waals surface area contributed by atoms with Crippen molar-refractivity contribution in [1.29, 1.82) is 0 Å². The summed E-state index contributed by atoms with van der Waals surface area (Å²) in [7, 11) is -7.81. The molecule has 3 aromatic carbocycles. The highest BCUT2D eigenvalue weighted by molar-refractivity contribution is 7.93. The third kappa shape index (κ3) is 6.19. The van der Waals surface area contributed by atoms with Gasteiger partial charge in [-0.25, -0.2) is 16.8 Å². The molecule has 1 amide bonds. The van der Waals surface area contributed by atoms with Gasteiger partial charge in [0.15, 0.2) is 0 Å². The molecule has 0 atom stereocenters. The van der Waals surface area contributed by atoms with Crippen LogP contribution in [0.4, 0.5) is 11.4 Å². The number of nitrogens with one attached hydrogen (secondary N) is 1. The van der Waals surface area contributed by atoms with Crippen LogP contribution in [0.2, 0.25) is 10.0 Å². The number of hydrogen-bond donors (Lipinski definition) is 1. The zero-order valence-electron chi connectivity index (χ0n) is 19.6. The minimum atomic E-state index is -4.16. The summed E-state index contributed by atoms with van der Waals surface area (Å²) in [4.78, 5) is 13.0. The second-order valence-electron chi connectivity index (χ2n) is 7.58. The normalized spacial score (nSPS) is 11.9. The zero-order valence-corrected chi connectivity index (χ0v) is 22.7. The van der Waals surface area contributed by atoms with Gasteiger partial charge in [-0.2, -0.15) is 4.31 Å². The minimum absolute atomic E-state index is 0.0187. The summed E-state index contributed by atoms with van der Waals surface area (Å²) >= 11 is 12.3. The Balaban J connectivity index is 1.88. The number of rotatable bonds is 10. The van der Waals surface area contributed by atoms with Crippen molar-refractivity contribution in [1.82, 2.24) is 4.31 Å². The number of amides is 1. The Hall–Kier alpha value is -2.63. The fourth-order valence-corrected chi connectivity index (χ4v) is 6.94. The summed E-state index contributed by atoms with van der Waals surface area (Å²) in [5.74, 6) is -0.653. The zero-order chi connectivity index (χ0) is 26.5. The maximum absolute atomic E-state index is 13.4. The van der Waals surface area contributed by atoms with E-state index in [0.29, 0.717) is 23.8 Å². The summed E-state index contributed by atoms with van der Waals surface area (Å²) < 4.78 is 54.4. The van der Waals surface area contributed by atoms with Crippen molar-refractivity contribution in [2.75, 3.05) is 29.3 Å². The van der Waals surface area contributed by atoms with Gasteiger partial charge in [0, 0.05) is 23.8 Å². The highest BCUT2D eigenvalue weighted by Crippen LogP contribution is 2.32. The van der Waals surface area contributed by atoms with Gasteiger partial charge in [-0.15, -0.1) is 0 Å². The second kappa shape index (κ2) is 11.6. The molecule has 0 bridgehead atoms. The van der Waals surface area contributed by atoms with Gasteiger partial charge in [-0.05, 0) is 54.6 Å². The molecule has 0 aliphatic carbocycles. The molecule has 0 saturated heterocycles. The number of sulfonamides is 2. The molecule has 0 unspecified atom stereocenters. The molecule has 1 N–H and O–H groups in total. The molecule has 0 fully saturated rings. The number of anilines is 2. The van der Waals surface area contributed by atoms with Crippen LogP contribution in [-0.4, -0.2) is 46.7 Å². The van der Waals surface area contributed by atoms with Gasteiger partial charge >= 0.3 is 0 Å². The predicted molar refractivity (Wildman–Crippen MR) is 143 cm³/mol. The quantitative estimate of drug-likeness (QED) is 0.375. The molecule has 0 radical (unpaired) electrons. The van der Waals surface area contributed by atoms with E-state index in [2.05, 4.69) is 5.32 Å². The van der Waals surface area contributed by atoms with Crippen LogP contribution in [0.1, 0.15) is 13.8 Å². The first kappa shape index (κ1) is 27.9. The molecule has 3 rings (SSSR count). The van der Waals surface area contributed by atoms with E-state index in [-0.39, 0.29) is 20.5 Å². The van der Waals surface area contributed by atoms with E-state index in [9.17, 15) is 21.6 Å². The maximum Gasteiger partial charge on any atom is 0.264 e. The molecule has 0 saturated carbocycles. The van der Waals surface area contributed by atoms with E-state index in [0.717, 1.165) is 4.31 Å². The van der Waals surface area contributed by atoms with Gasteiger partial charge in [0.2, 0.25) is 15.9 Å². The van der Waals surface area contributed by atoms with Crippen molar-refractivity contribution in [2.45, 2.75) is 23.6 Å². The lowest BCUT2D eigenvalue weighted by molar-refractivity contribution is -0.114. The average molecular weight is 571 g/mol. The summed E-state index contributed by atoms with van der Waals surface area (Å²) in [5, 5.41) is 2.98. The van der Waals surface area contributed by atoms with Crippen LogP contribution in [-0.2, 0) is 24.8 Å². The number of benzene rings is 3. The first-order chi connectivity index (χ1) is 17.0. The lowest BCUT2D eigenvalue weighted by atomic mass is 10.3. The minimum Gasteiger partial charge on any atom is -0.325 e. The van der Waals surface area contributed by atoms with Crippen molar-refractivity contribution >= 4 is 60.5 Å². The number of carbonyl (C=O) groups is 1. The molecule has 0 heterocycles. The van der Waals surface area contributed by atoms with Crippen molar-refractivity contribution in [2.24, 2.45) is 0 Å². The van der Waals surface area contributed by atoms with Crippen LogP contribution in [0.15, 0.2) is 82.6 Å². The summed E-state index contributed by atoms with van der Waals surface area (Å²) in [5.41, 5.74) is 0.387. The molecule has 0 aliphatic heterocycles. The fraction of sp³-hybridized carbons (Fsp3) is 0.208. The van der Waals surface area contributed by atoms with Crippen molar-refractivity contribution in [3.8, 4) is 0 Å². The Kier molecular flexibility index (Phi) is 9.02. The lowest BCUT2D eigenvalue weighted by Gasteiger charge is -2.25. The van der Waals surface area contributed by atoms with Crippen LogP contribution in [0.5, 0.6) is 0 Å². The third-order valence-electron chi connectivity index (χ3n) is 5.28. The average Bonchev–Trinajstić information content (AvgIpc) is 2.84. The van der Waals surface area contributed by atoms with Crippen LogP contribution in [0.25, 0.3) is 0 Å². The summed E-state index contributed by atoms with van der Waals surface area (Å²) in [6.07, 6.45) is 0. The largest absolute Gasteiger partial charge is 0.325 e. The first-order valence-corrected chi connectivity index (χ1v) is 14.6. The number of hydrogen-bond acceptors (Lipinski definition) is 5. The third-order valence-corrected chi connectivity index (χ3v) is 9.65. The van der Waals surface area contributed by atoms with E-state index in [4.69, 9.17) is 23.2 Å². The Morgan fingerprint density at radius 1 is 0.806 bits per heavy atom. The van der Waals surface area contributed by atoms with Gasteiger partial charge in [-0.1, -0.05) is 55.2 Å². The van der Waals surface area contributed by atoms with Gasteiger partial charge in [0.25, 0.3) is 10.0 Å². The number of carbonyl (C=O) groups excluding carboxylic acids is 1. The SMILES string of the molecule is CCN(CC)S(=O)(=O)c1ccc(NC(=O)CN(c2ccc(Cl)cc2Cl)S(=O)(=O)c2ccccc2)cc1. The van der Waals surface area contributed by atoms with E-state index in [1.165, 1.54) is 58.9 Å². The molecule has 3 aromatic rings. The fourth-order valence-electron chi connectivity index (χ4n) is 3.46. The highest BCUT2D eigenvalue weighted by Gasteiger charge is 2.29. The first-order valence-electron chi connectivity index (χ1n) is 10.9. The van der Waals surface area contributed by atoms with Crippen LogP contribution < -0.4 is 9.62 Å². The molecule has 0 aliphatic rings. The lowest BCUT2D eigenvalue weighted by Crippen LogP contribution is -2.38. The Morgan fingerprint density at radius 3 is 1.94 bits per heavy atom. The van der Waals surface area contributed by atoms with Gasteiger partial charge in [-0.3, -0.25) is 9.10 Å². The van der Waals surface area contributed by atoms with Crippen LogP contribution >= 0.6 is 23.2 Å². The van der Waals surface area contributed by atoms with Crippen molar-refractivity contribution in [3.63, 3.8) is 0 Å². The monoisotopic (exact) mass is 569 g/mol. The van der Waals surface area contributed by atoms with Gasteiger partial charge < -0.3 is 5.32 Å². The van der Waals surface area contributed by atoms with Crippen molar-refractivity contribution in [3.05, 3.63) is 82.8 Å². The molecule has 192 valence electrons. The smallest absolute Gasteiger partial charge is 0.264 e. The Morgan fingerprint density at radius 2 is 1.39 bits per heavy atom. The molecule has 0 spiro atoms. The predicted octanol–water partition coefficient (Wildman–Crippen LogP) is 4.86. The topological polar surface area (TPSA) is 104 Å².